The minimum Gasteiger partial charge on any atom is -0.350 e. The van der Waals surface area contributed by atoms with Crippen molar-refractivity contribution in [3.05, 3.63) is 0 Å². The van der Waals surface area contributed by atoms with Crippen molar-refractivity contribution in [3.8, 4) is 0 Å². The van der Waals surface area contributed by atoms with Gasteiger partial charge in [-0.1, -0.05) is 6.42 Å². The second-order valence-corrected chi connectivity index (χ2v) is 8.84. The van der Waals surface area contributed by atoms with Crippen LogP contribution >= 0.6 is 0 Å². The fourth-order valence-corrected chi connectivity index (χ4v) is 4.22. The van der Waals surface area contributed by atoms with E-state index < -0.39 is 9.84 Å². The van der Waals surface area contributed by atoms with Crippen LogP contribution in [0.5, 0.6) is 0 Å². The SMILES string of the molecule is CN(CC(=O)NC(C)(C)C)C1CCCC1S(C)(=O)=O. The van der Waals surface area contributed by atoms with Gasteiger partial charge in [-0.05, 0) is 40.7 Å². The molecule has 0 aromatic carbocycles. The summed E-state index contributed by atoms with van der Waals surface area (Å²) in [6.07, 6.45) is 3.75. The summed E-state index contributed by atoms with van der Waals surface area (Å²) in [4.78, 5) is 13.8. The molecule has 6 heteroatoms. The minimum atomic E-state index is -3.04. The van der Waals surface area contributed by atoms with E-state index in [1.165, 1.54) is 6.26 Å². The third-order valence-corrected chi connectivity index (χ3v) is 5.09. The Morgan fingerprint density at radius 2 is 1.89 bits per heavy atom. The van der Waals surface area contributed by atoms with Crippen molar-refractivity contribution in [2.45, 2.75) is 56.9 Å². The molecule has 112 valence electrons. The molecule has 0 aromatic rings. The van der Waals surface area contributed by atoms with Gasteiger partial charge in [0.25, 0.3) is 0 Å². The van der Waals surface area contributed by atoms with Crippen molar-refractivity contribution in [3.63, 3.8) is 0 Å². The molecule has 1 fully saturated rings. The Hall–Kier alpha value is -0.620. The largest absolute Gasteiger partial charge is 0.350 e. The summed E-state index contributed by atoms with van der Waals surface area (Å²) < 4.78 is 23.5. The number of hydrogen-bond acceptors (Lipinski definition) is 4. The third-order valence-electron chi connectivity index (χ3n) is 3.44. The maximum Gasteiger partial charge on any atom is 0.234 e. The van der Waals surface area contributed by atoms with Gasteiger partial charge in [-0.3, -0.25) is 9.69 Å². The Morgan fingerprint density at radius 3 is 2.37 bits per heavy atom. The number of likely N-dealkylation sites (N-methyl/N-ethyl adjacent to an activating group) is 1. The Kier molecular flexibility index (Phi) is 5.01. The van der Waals surface area contributed by atoms with Gasteiger partial charge < -0.3 is 5.32 Å². The Morgan fingerprint density at radius 1 is 1.32 bits per heavy atom. The van der Waals surface area contributed by atoms with Crippen molar-refractivity contribution in [1.29, 1.82) is 0 Å². The standard InChI is InChI=1S/C13H26N2O3S/c1-13(2,3)14-12(16)9-15(4)10-7-6-8-11(10)19(5,17)18/h10-11H,6-9H2,1-5H3,(H,14,16). The van der Waals surface area contributed by atoms with Gasteiger partial charge in [0, 0.05) is 17.8 Å². The van der Waals surface area contributed by atoms with E-state index in [9.17, 15) is 13.2 Å². The molecule has 1 N–H and O–H groups in total. The summed E-state index contributed by atoms with van der Waals surface area (Å²) >= 11 is 0. The fraction of sp³-hybridized carbons (Fsp3) is 0.923. The van der Waals surface area contributed by atoms with Gasteiger partial charge in [0.2, 0.25) is 5.91 Å². The first-order valence-electron chi connectivity index (χ1n) is 6.71. The average molecular weight is 290 g/mol. The monoisotopic (exact) mass is 290 g/mol. The van der Waals surface area contributed by atoms with Crippen LogP contribution < -0.4 is 5.32 Å². The number of nitrogens with one attached hydrogen (secondary N) is 1. The maximum atomic E-state index is 11.9. The molecule has 1 rings (SSSR count). The van der Waals surface area contributed by atoms with Gasteiger partial charge in [0.1, 0.15) is 0 Å². The highest BCUT2D eigenvalue weighted by Gasteiger charge is 2.37. The van der Waals surface area contributed by atoms with E-state index in [0.717, 1.165) is 12.8 Å². The summed E-state index contributed by atoms with van der Waals surface area (Å²) in [7, 11) is -1.21. The number of rotatable bonds is 4. The molecule has 0 radical (unpaired) electrons. The average Bonchev–Trinajstić information content (AvgIpc) is 2.60. The van der Waals surface area contributed by atoms with Crippen molar-refractivity contribution < 1.29 is 13.2 Å². The lowest BCUT2D eigenvalue weighted by molar-refractivity contribution is -0.123. The van der Waals surface area contributed by atoms with Gasteiger partial charge in [0.05, 0.1) is 11.8 Å². The van der Waals surface area contributed by atoms with E-state index in [1.807, 2.05) is 32.7 Å². The smallest absolute Gasteiger partial charge is 0.234 e. The molecule has 1 amide bonds. The first-order valence-corrected chi connectivity index (χ1v) is 8.66. The zero-order valence-corrected chi connectivity index (χ0v) is 13.4. The zero-order valence-electron chi connectivity index (χ0n) is 12.6. The molecule has 0 aromatic heterocycles. The molecule has 0 aliphatic heterocycles. The molecule has 0 bridgehead atoms. The summed E-state index contributed by atoms with van der Waals surface area (Å²) in [6.45, 7) is 6.04. The van der Waals surface area contributed by atoms with Gasteiger partial charge in [-0.15, -0.1) is 0 Å². The molecule has 2 unspecified atom stereocenters. The lowest BCUT2D eigenvalue weighted by atomic mass is 10.1. The Balaban J connectivity index is 2.63. The number of hydrogen-bond donors (Lipinski definition) is 1. The summed E-state index contributed by atoms with van der Waals surface area (Å²) in [5.41, 5.74) is -0.260. The van der Waals surface area contributed by atoms with E-state index in [0.29, 0.717) is 6.42 Å². The van der Waals surface area contributed by atoms with Crippen molar-refractivity contribution >= 4 is 15.7 Å². The number of carbonyl (C=O) groups is 1. The van der Waals surface area contributed by atoms with Crippen LogP contribution in [0.3, 0.4) is 0 Å². The maximum absolute atomic E-state index is 11.9. The molecule has 0 heterocycles. The highest BCUT2D eigenvalue weighted by molar-refractivity contribution is 7.91. The number of nitrogens with zero attached hydrogens (tertiary/aromatic N) is 1. The van der Waals surface area contributed by atoms with E-state index in [2.05, 4.69) is 5.32 Å². The van der Waals surface area contributed by atoms with Crippen LogP contribution in [0.2, 0.25) is 0 Å². The van der Waals surface area contributed by atoms with Crippen LogP contribution in [0.1, 0.15) is 40.0 Å². The first-order chi connectivity index (χ1) is 8.50. The normalized spacial score (nSPS) is 24.7. The predicted molar refractivity (Wildman–Crippen MR) is 76.8 cm³/mol. The predicted octanol–water partition coefficient (Wildman–Crippen LogP) is 0.799. The van der Waals surface area contributed by atoms with Crippen molar-refractivity contribution in [2.75, 3.05) is 19.8 Å². The molecule has 2 atom stereocenters. The second kappa shape index (κ2) is 5.79. The van der Waals surface area contributed by atoms with E-state index >= 15 is 0 Å². The summed E-state index contributed by atoms with van der Waals surface area (Å²) in [5, 5.41) is 2.56. The highest BCUT2D eigenvalue weighted by Crippen LogP contribution is 2.28. The molecule has 1 aliphatic carbocycles. The number of amides is 1. The number of sulfone groups is 1. The van der Waals surface area contributed by atoms with E-state index in [4.69, 9.17) is 0 Å². The van der Waals surface area contributed by atoms with Gasteiger partial charge in [-0.25, -0.2) is 8.42 Å². The van der Waals surface area contributed by atoms with Gasteiger partial charge in [0.15, 0.2) is 9.84 Å². The summed E-state index contributed by atoms with van der Waals surface area (Å²) in [5.74, 6) is -0.0610. The molecule has 0 spiro atoms. The third kappa shape index (κ3) is 5.10. The quantitative estimate of drug-likeness (QED) is 0.831. The lowest BCUT2D eigenvalue weighted by Gasteiger charge is -2.29. The van der Waals surface area contributed by atoms with Crippen LogP contribution in [0, 0.1) is 0 Å². The van der Waals surface area contributed by atoms with E-state index in [-0.39, 0.29) is 29.3 Å². The molecule has 19 heavy (non-hydrogen) atoms. The van der Waals surface area contributed by atoms with Crippen LogP contribution in [-0.4, -0.2) is 55.9 Å². The second-order valence-electron chi connectivity index (χ2n) is 6.58. The molecule has 1 aliphatic rings. The lowest BCUT2D eigenvalue weighted by Crippen LogP contribution is -2.49. The highest BCUT2D eigenvalue weighted by atomic mass is 32.2. The fourth-order valence-electron chi connectivity index (χ4n) is 2.71. The molecule has 1 saturated carbocycles. The van der Waals surface area contributed by atoms with E-state index in [1.54, 1.807) is 0 Å². The first kappa shape index (κ1) is 16.4. The van der Waals surface area contributed by atoms with Crippen LogP contribution in [0.15, 0.2) is 0 Å². The molecule has 0 saturated heterocycles. The van der Waals surface area contributed by atoms with Crippen LogP contribution in [-0.2, 0) is 14.6 Å². The summed E-state index contributed by atoms with van der Waals surface area (Å²) in [6, 6.07) is -0.0410. The Labute approximate surface area is 116 Å². The minimum absolute atomic E-state index is 0.0410. The van der Waals surface area contributed by atoms with Gasteiger partial charge >= 0.3 is 0 Å². The van der Waals surface area contributed by atoms with Gasteiger partial charge in [-0.2, -0.15) is 0 Å². The topological polar surface area (TPSA) is 66.5 Å². The van der Waals surface area contributed by atoms with Crippen molar-refractivity contribution in [1.82, 2.24) is 10.2 Å². The molecular weight excluding hydrogens is 264 g/mol. The van der Waals surface area contributed by atoms with Crippen LogP contribution in [0.4, 0.5) is 0 Å². The number of carbonyl (C=O) groups excluding carboxylic acids is 1. The van der Waals surface area contributed by atoms with Crippen LogP contribution in [0.25, 0.3) is 0 Å². The Bertz CT molecular complexity index is 426. The molecular formula is C13H26N2O3S. The van der Waals surface area contributed by atoms with Crippen molar-refractivity contribution in [2.24, 2.45) is 0 Å². The zero-order chi connectivity index (χ0) is 14.8. The molecule has 5 nitrogen and oxygen atoms in total.